The van der Waals surface area contributed by atoms with Crippen molar-refractivity contribution in [3.8, 4) is 11.3 Å². The molecule has 10 heteroatoms. The van der Waals surface area contributed by atoms with Gasteiger partial charge in [0.2, 0.25) is 0 Å². The van der Waals surface area contributed by atoms with E-state index in [1.807, 2.05) is 24.3 Å². The number of likely N-dealkylation sites (tertiary alicyclic amines) is 1. The first-order valence-electron chi connectivity index (χ1n) is 10.00. The van der Waals surface area contributed by atoms with Crippen LogP contribution in [0.25, 0.3) is 22.0 Å². The van der Waals surface area contributed by atoms with Gasteiger partial charge in [0.15, 0.2) is 5.82 Å². The quantitative estimate of drug-likeness (QED) is 0.410. The van der Waals surface area contributed by atoms with Crippen LogP contribution in [-0.2, 0) is 11.0 Å². The summed E-state index contributed by atoms with van der Waals surface area (Å²) < 4.78 is 38.9. The Bertz CT molecular complexity index is 1090. The molecule has 3 aromatic rings. The number of hydrogen-bond acceptors (Lipinski definition) is 6. The number of carbonyl (C=O) groups is 1. The minimum Gasteiger partial charge on any atom is -0.483 e. The summed E-state index contributed by atoms with van der Waals surface area (Å²) in [5.41, 5.74) is 6.10. The van der Waals surface area contributed by atoms with Crippen molar-refractivity contribution in [2.24, 2.45) is 0 Å². The highest BCUT2D eigenvalue weighted by atomic mass is 19.4. The minimum atomic E-state index is -4.44. The summed E-state index contributed by atoms with van der Waals surface area (Å²) >= 11 is 0. The number of hydrogen-bond donors (Lipinski definition) is 3. The van der Waals surface area contributed by atoms with E-state index in [-0.39, 0.29) is 18.2 Å². The van der Waals surface area contributed by atoms with Gasteiger partial charge in [-0.15, -0.1) is 10.2 Å². The number of fused-ring (bicyclic) bond motifs is 1. The van der Waals surface area contributed by atoms with Crippen LogP contribution in [0.15, 0.2) is 42.5 Å². The van der Waals surface area contributed by atoms with Gasteiger partial charge in [0.1, 0.15) is 5.69 Å². The van der Waals surface area contributed by atoms with Crippen LogP contribution in [0.1, 0.15) is 18.4 Å². The zero-order valence-electron chi connectivity index (χ0n) is 17.4. The van der Waals surface area contributed by atoms with Crippen molar-refractivity contribution in [1.82, 2.24) is 15.1 Å². The summed E-state index contributed by atoms with van der Waals surface area (Å²) in [5.74, 6) is 0.676. The number of piperidine rings is 1. The average Bonchev–Trinajstić information content (AvgIpc) is 2.74. The van der Waals surface area contributed by atoms with E-state index in [2.05, 4.69) is 27.5 Å². The van der Waals surface area contributed by atoms with Crippen LogP contribution < -0.4 is 11.1 Å². The normalized spacial score (nSPS) is 16.8. The Kier molecular flexibility index (Phi) is 7.14. The summed E-state index contributed by atoms with van der Waals surface area (Å²) in [4.78, 5) is 10.6. The lowest BCUT2D eigenvalue weighted by molar-refractivity contribution is -0.137. The lowest BCUT2D eigenvalue weighted by atomic mass is 10.0. The number of nitrogens with two attached hydrogens (primary N) is 1. The maximum atomic E-state index is 13.0. The van der Waals surface area contributed by atoms with E-state index >= 15 is 0 Å². The number of rotatable bonds is 3. The molecule has 2 aromatic carbocycles. The van der Waals surface area contributed by atoms with Gasteiger partial charge in [0, 0.05) is 34.6 Å². The fourth-order valence-corrected chi connectivity index (χ4v) is 3.84. The van der Waals surface area contributed by atoms with Gasteiger partial charge in [-0.3, -0.25) is 4.79 Å². The molecule has 32 heavy (non-hydrogen) atoms. The summed E-state index contributed by atoms with van der Waals surface area (Å²) in [6.45, 7) is 1.75. The van der Waals surface area contributed by atoms with E-state index in [0.717, 1.165) is 48.8 Å². The molecule has 1 aliphatic rings. The fourth-order valence-electron chi connectivity index (χ4n) is 3.84. The number of aromatic nitrogens is 2. The molecule has 1 fully saturated rings. The van der Waals surface area contributed by atoms with Crippen molar-refractivity contribution in [3.05, 3.63) is 48.0 Å². The smallest absolute Gasteiger partial charge is 0.416 e. The van der Waals surface area contributed by atoms with Crippen LogP contribution in [0.2, 0.25) is 0 Å². The van der Waals surface area contributed by atoms with Gasteiger partial charge in [-0.2, -0.15) is 13.2 Å². The summed E-state index contributed by atoms with van der Waals surface area (Å²) in [7, 11) is 2.09. The Morgan fingerprint density at radius 2 is 1.88 bits per heavy atom. The molecule has 0 unspecified atom stereocenters. The molecule has 1 aromatic heterocycles. The first kappa shape index (κ1) is 23.3. The van der Waals surface area contributed by atoms with Crippen LogP contribution in [-0.4, -0.2) is 52.9 Å². The summed E-state index contributed by atoms with van der Waals surface area (Å²) in [6, 6.07) is 11.2. The van der Waals surface area contributed by atoms with Gasteiger partial charge in [-0.05, 0) is 38.6 Å². The largest absolute Gasteiger partial charge is 0.483 e. The highest BCUT2D eigenvalue weighted by Crippen LogP contribution is 2.37. The Hall–Kier alpha value is -3.40. The lowest BCUT2D eigenvalue weighted by Gasteiger charge is -2.30. The van der Waals surface area contributed by atoms with E-state index < -0.39 is 11.7 Å². The topological polar surface area (TPSA) is 104 Å². The number of likely N-dealkylation sites (N-methyl/N-ethyl adjacent to an activating group) is 1. The molecule has 0 aliphatic carbocycles. The second kappa shape index (κ2) is 9.82. The second-order valence-electron chi connectivity index (χ2n) is 7.59. The van der Waals surface area contributed by atoms with E-state index in [1.165, 1.54) is 6.07 Å². The lowest BCUT2D eigenvalue weighted by Crippen LogP contribution is -2.40. The highest BCUT2D eigenvalue weighted by molar-refractivity contribution is 6.01. The van der Waals surface area contributed by atoms with E-state index in [1.54, 1.807) is 0 Å². The molecule has 2 heterocycles. The Morgan fingerprint density at radius 1 is 1.19 bits per heavy atom. The van der Waals surface area contributed by atoms with Gasteiger partial charge in [0.25, 0.3) is 6.47 Å². The first-order chi connectivity index (χ1) is 15.2. The second-order valence-corrected chi connectivity index (χ2v) is 7.59. The molecular formula is C22H24F3N5O2. The van der Waals surface area contributed by atoms with Crippen LogP contribution in [0, 0.1) is 0 Å². The number of nitrogens with one attached hydrogen (secondary N) is 1. The third-order valence-corrected chi connectivity index (χ3v) is 5.29. The average molecular weight is 447 g/mol. The molecule has 4 N–H and O–H groups in total. The van der Waals surface area contributed by atoms with Gasteiger partial charge >= 0.3 is 6.18 Å². The molecule has 0 spiro atoms. The Labute approximate surface area is 183 Å². The standard InChI is InChI=1S/C21H22F3N5.CH2O2/c1-29-10-4-5-14(12-29)26-20-16-7-3-2-6-15(16)19(27-28-20)17-9-8-13(11-18(17)25)21(22,23)24;2-1-3/h2-3,6-9,11,14H,4-5,10,12,25H2,1H3,(H,26,28);1H,(H,2,3)/t14-;/m1./s1. The zero-order valence-corrected chi connectivity index (χ0v) is 17.4. The molecule has 0 amide bonds. The Balaban J connectivity index is 0.000000913. The van der Waals surface area contributed by atoms with Gasteiger partial charge in [-0.1, -0.05) is 30.3 Å². The summed E-state index contributed by atoms with van der Waals surface area (Å²) in [6.07, 6.45) is -2.28. The molecule has 0 saturated carbocycles. The predicted octanol–water partition coefficient (Wildman–Crippen LogP) is 4.10. The number of carboxylic acid groups (broad SMARTS) is 1. The number of nitrogens with zero attached hydrogens (tertiary/aromatic N) is 3. The minimum absolute atomic E-state index is 0.0221. The molecule has 0 bridgehead atoms. The molecule has 170 valence electrons. The maximum Gasteiger partial charge on any atom is 0.416 e. The number of anilines is 2. The molecule has 1 aliphatic heterocycles. The van der Waals surface area contributed by atoms with Gasteiger partial charge in [-0.25, -0.2) is 0 Å². The summed E-state index contributed by atoms with van der Waals surface area (Å²) in [5, 5.41) is 20.7. The molecular weight excluding hydrogens is 423 g/mol. The van der Waals surface area contributed by atoms with Crippen molar-refractivity contribution < 1.29 is 23.1 Å². The Morgan fingerprint density at radius 3 is 2.50 bits per heavy atom. The number of nitrogen functional groups attached to an aromatic ring is 1. The van der Waals surface area contributed by atoms with Crippen molar-refractivity contribution >= 4 is 28.7 Å². The van der Waals surface area contributed by atoms with Crippen LogP contribution in [0.4, 0.5) is 24.7 Å². The van der Waals surface area contributed by atoms with Crippen molar-refractivity contribution in [3.63, 3.8) is 0 Å². The van der Waals surface area contributed by atoms with Gasteiger partial charge < -0.3 is 21.1 Å². The highest BCUT2D eigenvalue weighted by Gasteiger charge is 2.31. The van der Waals surface area contributed by atoms with E-state index in [4.69, 9.17) is 15.6 Å². The fraction of sp³-hybridized carbons (Fsp3) is 0.318. The van der Waals surface area contributed by atoms with Gasteiger partial charge in [0.05, 0.1) is 5.56 Å². The molecule has 0 radical (unpaired) electrons. The van der Waals surface area contributed by atoms with E-state index in [0.29, 0.717) is 17.1 Å². The first-order valence-corrected chi connectivity index (χ1v) is 10.00. The number of benzene rings is 2. The molecule has 1 atom stereocenters. The predicted molar refractivity (Wildman–Crippen MR) is 117 cm³/mol. The van der Waals surface area contributed by atoms with E-state index in [9.17, 15) is 13.2 Å². The third kappa shape index (κ3) is 5.25. The number of halogens is 3. The van der Waals surface area contributed by atoms with Crippen LogP contribution in [0.5, 0.6) is 0 Å². The monoisotopic (exact) mass is 447 g/mol. The third-order valence-electron chi connectivity index (χ3n) is 5.29. The zero-order chi connectivity index (χ0) is 23.3. The van der Waals surface area contributed by atoms with Crippen LogP contribution >= 0.6 is 0 Å². The molecule has 4 rings (SSSR count). The molecule has 1 saturated heterocycles. The van der Waals surface area contributed by atoms with Crippen LogP contribution in [0.3, 0.4) is 0 Å². The maximum absolute atomic E-state index is 13.0. The van der Waals surface area contributed by atoms with Crippen molar-refractivity contribution in [1.29, 1.82) is 0 Å². The SMILES string of the molecule is CN1CCC[C@@H](Nc2nnc(-c3ccc(C(F)(F)F)cc3N)c3ccccc23)C1.O=CO. The van der Waals surface area contributed by atoms with Crippen molar-refractivity contribution in [2.45, 2.75) is 25.1 Å². The van der Waals surface area contributed by atoms with Crippen molar-refractivity contribution in [2.75, 3.05) is 31.2 Å². The number of alkyl halides is 3. The molecule has 7 nitrogen and oxygen atoms in total.